The second kappa shape index (κ2) is 3.06. The van der Waals surface area contributed by atoms with Crippen LogP contribution >= 0.6 is 22.6 Å². The SMILES string of the molecule is O=c1[nH]c(I)cc2c(F)cncc12. The average Bonchev–Trinajstić information content (AvgIpc) is 2.07. The Morgan fingerprint density at radius 1 is 1.38 bits per heavy atom. The van der Waals surface area contributed by atoms with Crippen molar-refractivity contribution in [1.82, 2.24) is 9.97 Å². The van der Waals surface area contributed by atoms with Crippen molar-refractivity contribution in [3.63, 3.8) is 0 Å². The predicted molar refractivity (Wildman–Crippen MR) is 55.0 cm³/mol. The van der Waals surface area contributed by atoms with Crippen molar-refractivity contribution in [2.24, 2.45) is 0 Å². The minimum absolute atomic E-state index is 0.278. The second-order valence-electron chi connectivity index (χ2n) is 2.53. The number of hydrogen-bond donors (Lipinski definition) is 1. The van der Waals surface area contributed by atoms with Crippen LogP contribution in [0.1, 0.15) is 0 Å². The van der Waals surface area contributed by atoms with Crippen LogP contribution in [0.5, 0.6) is 0 Å². The van der Waals surface area contributed by atoms with Crippen molar-refractivity contribution in [3.8, 4) is 0 Å². The van der Waals surface area contributed by atoms with Crippen LogP contribution in [0.2, 0.25) is 0 Å². The van der Waals surface area contributed by atoms with E-state index in [2.05, 4.69) is 9.97 Å². The van der Waals surface area contributed by atoms with Gasteiger partial charge in [0, 0.05) is 11.6 Å². The van der Waals surface area contributed by atoms with Crippen molar-refractivity contribution in [2.45, 2.75) is 0 Å². The lowest BCUT2D eigenvalue weighted by atomic mass is 10.2. The Labute approximate surface area is 86.1 Å². The molecule has 0 unspecified atom stereocenters. The molecule has 0 aromatic carbocycles. The maximum absolute atomic E-state index is 13.1. The molecule has 0 spiro atoms. The van der Waals surface area contributed by atoms with E-state index in [9.17, 15) is 9.18 Å². The van der Waals surface area contributed by atoms with Gasteiger partial charge in [0.15, 0.2) is 0 Å². The summed E-state index contributed by atoms with van der Waals surface area (Å²) in [6.07, 6.45) is 2.45. The van der Waals surface area contributed by atoms with Crippen LogP contribution in [0.15, 0.2) is 23.3 Å². The van der Waals surface area contributed by atoms with Gasteiger partial charge in [-0.25, -0.2) is 4.39 Å². The molecule has 13 heavy (non-hydrogen) atoms. The quantitative estimate of drug-likeness (QED) is 0.592. The van der Waals surface area contributed by atoms with Crippen LogP contribution in [0, 0.1) is 9.52 Å². The van der Waals surface area contributed by atoms with Gasteiger partial charge < -0.3 is 4.98 Å². The molecular formula is C8H4FIN2O. The first-order valence-electron chi connectivity index (χ1n) is 3.50. The molecule has 66 valence electrons. The zero-order chi connectivity index (χ0) is 9.42. The average molecular weight is 290 g/mol. The van der Waals surface area contributed by atoms with Crippen molar-refractivity contribution in [3.05, 3.63) is 38.3 Å². The molecule has 2 heterocycles. The number of H-pyrrole nitrogens is 1. The molecule has 0 fully saturated rings. The molecule has 0 saturated heterocycles. The first kappa shape index (κ1) is 8.61. The third-order valence-corrected chi connectivity index (χ3v) is 2.27. The van der Waals surface area contributed by atoms with Gasteiger partial charge >= 0.3 is 0 Å². The Morgan fingerprint density at radius 3 is 2.92 bits per heavy atom. The maximum Gasteiger partial charge on any atom is 0.258 e. The van der Waals surface area contributed by atoms with E-state index in [0.29, 0.717) is 9.09 Å². The van der Waals surface area contributed by atoms with Crippen LogP contribution < -0.4 is 5.56 Å². The molecule has 3 nitrogen and oxygen atoms in total. The summed E-state index contributed by atoms with van der Waals surface area (Å²) in [7, 11) is 0. The first-order valence-corrected chi connectivity index (χ1v) is 4.58. The third kappa shape index (κ3) is 1.43. The van der Waals surface area contributed by atoms with E-state index in [1.54, 1.807) is 6.07 Å². The Kier molecular flexibility index (Phi) is 2.03. The number of halogens is 2. The number of fused-ring (bicyclic) bond motifs is 1. The monoisotopic (exact) mass is 290 g/mol. The van der Waals surface area contributed by atoms with E-state index >= 15 is 0 Å². The summed E-state index contributed by atoms with van der Waals surface area (Å²) in [5.41, 5.74) is -0.311. The molecule has 1 N–H and O–H groups in total. The van der Waals surface area contributed by atoms with Crippen molar-refractivity contribution < 1.29 is 4.39 Å². The Hall–Kier alpha value is -0.980. The van der Waals surface area contributed by atoms with Crippen LogP contribution in [0.25, 0.3) is 10.8 Å². The van der Waals surface area contributed by atoms with Gasteiger partial charge in [-0.15, -0.1) is 0 Å². The summed E-state index contributed by atoms with van der Waals surface area (Å²) in [4.78, 5) is 17.5. The van der Waals surface area contributed by atoms with E-state index < -0.39 is 5.82 Å². The van der Waals surface area contributed by atoms with Crippen LogP contribution in [0.4, 0.5) is 4.39 Å². The topological polar surface area (TPSA) is 45.8 Å². The van der Waals surface area contributed by atoms with E-state index in [0.717, 1.165) is 6.20 Å². The van der Waals surface area contributed by atoms with Crippen molar-refractivity contribution in [2.75, 3.05) is 0 Å². The van der Waals surface area contributed by atoms with Gasteiger partial charge in [0.1, 0.15) is 5.82 Å². The highest BCUT2D eigenvalue weighted by Crippen LogP contribution is 2.13. The van der Waals surface area contributed by atoms with Gasteiger partial charge in [0.2, 0.25) is 0 Å². The van der Waals surface area contributed by atoms with E-state index in [1.807, 2.05) is 22.6 Å². The number of nitrogens with zero attached hydrogens (tertiary/aromatic N) is 1. The largest absolute Gasteiger partial charge is 0.317 e. The molecule has 0 saturated carbocycles. The molecule has 2 aromatic heterocycles. The Bertz CT molecular complexity index is 523. The molecule has 0 aliphatic rings. The minimum atomic E-state index is -0.471. The normalized spacial score (nSPS) is 10.6. The summed E-state index contributed by atoms with van der Waals surface area (Å²) in [5.74, 6) is -0.471. The second-order valence-corrected chi connectivity index (χ2v) is 3.69. The standard InChI is InChI=1S/C8H4FIN2O/c9-6-3-11-2-5-4(6)1-7(10)12-8(5)13/h1-3H,(H,12,13). The number of pyridine rings is 2. The van der Waals surface area contributed by atoms with Gasteiger partial charge in [-0.1, -0.05) is 0 Å². The van der Waals surface area contributed by atoms with Gasteiger partial charge in [0.05, 0.1) is 15.3 Å². The molecule has 0 atom stereocenters. The fourth-order valence-corrected chi connectivity index (χ4v) is 1.67. The molecule has 2 rings (SSSR count). The summed E-state index contributed by atoms with van der Waals surface area (Å²) >= 11 is 1.93. The summed E-state index contributed by atoms with van der Waals surface area (Å²) in [6, 6.07) is 1.58. The van der Waals surface area contributed by atoms with Gasteiger partial charge in [-0.3, -0.25) is 9.78 Å². The molecule has 0 amide bonds. The third-order valence-electron chi connectivity index (χ3n) is 1.69. The van der Waals surface area contributed by atoms with Gasteiger partial charge in [-0.05, 0) is 28.7 Å². The first-order chi connectivity index (χ1) is 6.18. The number of rotatable bonds is 0. The Balaban J connectivity index is 3.03. The lowest BCUT2D eigenvalue weighted by Crippen LogP contribution is -2.08. The molecule has 2 aromatic rings. The van der Waals surface area contributed by atoms with Crippen LogP contribution in [-0.4, -0.2) is 9.97 Å². The van der Waals surface area contributed by atoms with Gasteiger partial charge in [0.25, 0.3) is 5.56 Å². The highest BCUT2D eigenvalue weighted by molar-refractivity contribution is 14.1. The minimum Gasteiger partial charge on any atom is -0.317 e. The predicted octanol–water partition coefficient (Wildman–Crippen LogP) is 1.67. The number of nitrogens with one attached hydrogen (secondary N) is 1. The molecule has 0 aliphatic carbocycles. The number of aromatic amines is 1. The van der Waals surface area contributed by atoms with Crippen molar-refractivity contribution in [1.29, 1.82) is 0 Å². The summed E-state index contributed by atoms with van der Waals surface area (Å²) < 4.78 is 13.7. The molecule has 5 heteroatoms. The molecular weight excluding hydrogens is 286 g/mol. The summed E-state index contributed by atoms with van der Waals surface area (Å²) in [6.45, 7) is 0. The zero-order valence-electron chi connectivity index (χ0n) is 6.34. The lowest BCUT2D eigenvalue weighted by Gasteiger charge is -1.97. The fourth-order valence-electron chi connectivity index (χ4n) is 1.11. The number of hydrogen-bond acceptors (Lipinski definition) is 2. The van der Waals surface area contributed by atoms with Crippen LogP contribution in [0.3, 0.4) is 0 Å². The Morgan fingerprint density at radius 2 is 2.15 bits per heavy atom. The van der Waals surface area contributed by atoms with Gasteiger partial charge in [-0.2, -0.15) is 0 Å². The maximum atomic E-state index is 13.1. The smallest absolute Gasteiger partial charge is 0.258 e. The lowest BCUT2D eigenvalue weighted by molar-refractivity contribution is 0.633. The van der Waals surface area contributed by atoms with E-state index in [1.165, 1.54) is 6.20 Å². The number of aromatic nitrogens is 2. The summed E-state index contributed by atoms with van der Waals surface area (Å²) in [5, 5.41) is 0.587. The van der Waals surface area contributed by atoms with Crippen molar-refractivity contribution >= 4 is 33.4 Å². The molecule has 0 aliphatic heterocycles. The fraction of sp³-hybridized carbons (Fsp3) is 0. The highest BCUT2D eigenvalue weighted by atomic mass is 127. The van der Waals surface area contributed by atoms with Crippen LogP contribution in [-0.2, 0) is 0 Å². The highest BCUT2D eigenvalue weighted by Gasteiger charge is 2.04. The zero-order valence-corrected chi connectivity index (χ0v) is 8.50. The van der Waals surface area contributed by atoms with E-state index in [4.69, 9.17) is 0 Å². The molecule has 0 bridgehead atoms. The van der Waals surface area contributed by atoms with E-state index in [-0.39, 0.29) is 10.9 Å². The molecule has 0 radical (unpaired) electrons.